The Morgan fingerprint density at radius 1 is 0.977 bits per heavy atom. The van der Waals surface area contributed by atoms with E-state index < -0.39 is 12.1 Å². The van der Waals surface area contributed by atoms with Crippen molar-refractivity contribution in [2.24, 2.45) is 0 Å². The lowest BCUT2D eigenvalue weighted by Gasteiger charge is -2.27. The van der Waals surface area contributed by atoms with Crippen molar-refractivity contribution in [1.29, 1.82) is 0 Å². The van der Waals surface area contributed by atoms with Crippen molar-refractivity contribution in [2.45, 2.75) is 45.9 Å². The second kappa shape index (κ2) is 15.4. The quantitative estimate of drug-likeness (QED) is 0.153. The highest BCUT2D eigenvalue weighted by Crippen LogP contribution is 2.32. The summed E-state index contributed by atoms with van der Waals surface area (Å²) in [6.45, 7) is 8.44. The Morgan fingerprint density at radius 3 is 2.42 bits per heavy atom. The number of hydrogen-bond acceptors (Lipinski definition) is 7. The zero-order valence-corrected chi connectivity index (χ0v) is 25.0. The minimum atomic E-state index is -0.500. The Hall–Kier alpha value is -4.83. The van der Waals surface area contributed by atoms with Crippen LogP contribution >= 0.6 is 0 Å². The van der Waals surface area contributed by atoms with Crippen LogP contribution in [0.4, 0.5) is 21.0 Å². The van der Waals surface area contributed by atoms with Gasteiger partial charge in [-0.05, 0) is 55.8 Å². The van der Waals surface area contributed by atoms with Gasteiger partial charge in [0.05, 0.1) is 18.9 Å². The number of carbonyl (C=O) groups excluding carboxylic acids is 2. The van der Waals surface area contributed by atoms with Crippen molar-refractivity contribution in [2.75, 3.05) is 30.8 Å². The van der Waals surface area contributed by atoms with Gasteiger partial charge in [0, 0.05) is 43.0 Å². The number of oxazole rings is 1. The van der Waals surface area contributed by atoms with Crippen LogP contribution in [0.15, 0.2) is 89.8 Å². The van der Waals surface area contributed by atoms with Crippen LogP contribution in [0.25, 0.3) is 11.3 Å². The molecule has 3 N–H and O–H groups in total. The topological polar surface area (TPSA) is 118 Å². The number of alkyl carbamates (subject to hydrolysis) is 1. The van der Waals surface area contributed by atoms with E-state index in [0.717, 1.165) is 29.8 Å². The third kappa shape index (κ3) is 9.08. The third-order valence-electron chi connectivity index (χ3n) is 7.01. The van der Waals surface area contributed by atoms with E-state index in [0.29, 0.717) is 35.3 Å². The van der Waals surface area contributed by atoms with Gasteiger partial charge >= 0.3 is 12.1 Å². The Balaban J connectivity index is 1.32. The molecular weight excluding hydrogens is 546 g/mol. The van der Waals surface area contributed by atoms with E-state index in [4.69, 9.17) is 13.9 Å². The van der Waals surface area contributed by atoms with Crippen LogP contribution < -0.4 is 20.7 Å². The maximum atomic E-state index is 12.8. The van der Waals surface area contributed by atoms with Crippen LogP contribution in [0.2, 0.25) is 0 Å². The van der Waals surface area contributed by atoms with Crippen molar-refractivity contribution < 1.29 is 23.5 Å². The number of methoxy groups -OCH3 is 1. The fourth-order valence-electron chi connectivity index (χ4n) is 4.74. The molecule has 0 spiro atoms. The van der Waals surface area contributed by atoms with Gasteiger partial charge < -0.3 is 34.7 Å². The largest absolute Gasteiger partial charge is 0.496 e. The second-order valence-electron chi connectivity index (χ2n) is 10.2. The summed E-state index contributed by atoms with van der Waals surface area (Å²) in [4.78, 5) is 31.8. The number of nitrogens with one attached hydrogen (secondary N) is 3. The molecule has 0 saturated carbocycles. The van der Waals surface area contributed by atoms with Gasteiger partial charge in [-0.25, -0.2) is 14.6 Å². The highest BCUT2D eigenvalue weighted by Gasteiger charge is 2.19. The van der Waals surface area contributed by atoms with E-state index in [1.165, 1.54) is 6.39 Å². The van der Waals surface area contributed by atoms with Gasteiger partial charge in [0.1, 0.15) is 11.9 Å². The van der Waals surface area contributed by atoms with Crippen LogP contribution in [-0.4, -0.2) is 48.2 Å². The molecule has 1 atom stereocenters. The minimum absolute atomic E-state index is 0.241. The summed E-state index contributed by atoms with van der Waals surface area (Å²) >= 11 is 0. The van der Waals surface area contributed by atoms with Gasteiger partial charge in [0.25, 0.3) is 0 Å². The molecule has 3 amide bonds. The highest BCUT2D eigenvalue weighted by atomic mass is 16.6. The number of ether oxygens (including phenoxy) is 2. The standard InChI is InChI=1S/C33H39N5O5/c1-5-38(23(2)3)17-16-29(25-11-7-6-8-12-25)43-33(40)35-20-24-10-9-13-26(18-24)36-32(39)37-27-14-15-28(30(19-27)41-4)31-21-34-22-42-31/h6-15,18-19,21-23,29H,5,16-17,20H2,1-4H3,(H,35,40)(H2,36,37,39). The van der Waals surface area contributed by atoms with E-state index >= 15 is 0 Å². The van der Waals surface area contributed by atoms with E-state index in [1.807, 2.05) is 42.5 Å². The summed E-state index contributed by atoms with van der Waals surface area (Å²) in [6.07, 6.45) is 2.76. The number of hydrogen-bond donors (Lipinski definition) is 3. The Kier molecular flexibility index (Phi) is 11.2. The molecular formula is C33H39N5O5. The minimum Gasteiger partial charge on any atom is -0.496 e. The molecule has 226 valence electrons. The average Bonchev–Trinajstić information content (AvgIpc) is 3.55. The zero-order valence-electron chi connectivity index (χ0n) is 25.0. The smallest absolute Gasteiger partial charge is 0.408 e. The van der Waals surface area contributed by atoms with Gasteiger partial charge in [0.2, 0.25) is 0 Å². The van der Waals surface area contributed by atoms with Gasteiger partial charge in [-0.1, -0.05) is 49.4 Å². The molecule has 3 aromatic carbocycles. The van der Waals surface area contributed by atoms with Crippen molar-refractivity contribution >= 4 is 23.5 Å². The first-order valence-electron chi connectivity index (χ1n) is 14.3. The van der Waals surface area contributed by atoms with Gasteiger partial charge in [0.15, 0.2) is 12.2 Å². The van der Waals surface area contributed by atoms with E-state index in [-0.39, 0.29) is 12.6 Å². The summed E-state index contributed by atoms with van der Waals surface area (Å²) in [5.74, 6) is 1.10. The molecule has 0 aliphatic rings. The van der Waals surface area contributed by atoms with E-state index in [9.17, 15) is 9.59 Å². The summed E-state index contributed by atoms with van der Waals surface area (Å²) < 4.78 is 16.7. The number of rotatable bonds is 13. The summed E-state index contributed by atoms with van der Waals surface area (Å²) in [7, 11) is 1.54. The summed E-state index contributed by atoms with van der Waals surface area (Å²) in [5, 5.41) is 8.48. The number of urea groups is 1. The van der Waals surface area contributed by atoms with Crippen molar-refractivity contribution in [3.63, 3.8) is 0 Å². The predicted octanol–water partition coefficient (Wildman–Crippen LogP) is 7.08. The maximum absolute atomic E-state index is 12.8. The molecule has 0 aliphatic heterocycles. The zero-order chi connectivity index (χ0) is 30.6. The number of amides is 3. The van der Waals surface area contributed by atoms with E-state index in [2.05, 4.69) is 46.6 Å². The first-order chi connectivity index (χ1) is 20.9. The Morgan fingerprint density at radius 2 is 1.74 bits per heavy atom. The SMILES string of the molecule is CCN(CCC(OC(=O)NCc1cccc(NC(=O)Nc2ccc(-c3cnco3)c(OC)c2)c1)c1ccccc1)C(C)C. The molecule has 1 heterocycles. The molecule has 1 unspecified atom stereocenters. The van der Waals surface area contributed by atoms with Gasteiger partial charge in [-0.3, -0.25) is 0 Å². The maximum Gasteiger partial charge on any atom is 0.408 e. The lowest BCUT2D eigenvalue weighted by atomic mass is 10.1. The normalized spacial score (nSPS) is 11.7. The van der Waals surface area contributed by atoms with Crippen molar-refractivity contribution in [3.05, 3.63) is 96.5 Å². The molecule has 10 nitrogen and oxygen atoms in total. The molecule has 0 radical (unpaired) electrons. The second-order valence-corrected chi connectivity index (χ2v) is 10.2. The molecule has 10 heteroatoms. The monoisotopic (exact) mass is 585 g/mol. The first-order valence-corrected chi connectivity index (χ1v) is 14.3. The molecule has 0 fully saturated rings. The first kappa shape index (κ1) is 31.1. The number of carbonyl (C=O) groups is 2. The van der Waals surface area contributed by atoms with Gasteiger partial charge in [-0.15, -0.1) is 0 Å². The van der Waals surface area contributed by atoms with Crippen LogP contribution in [0.3, 0.4) is 0 Å². The fourth-order valence-corrected chi connectivity index (χ4v) is 4.74. The molecule has 43 heavy (non-hydrogen) atoms. The summed E-state index contributed by atoms with van der Waals surface area (Å²) in [5.41, 5.74) is 3.60. The van der Waals surface area contributed by atoms with Crippen LogP contribution in [0, 0.1) is 0 Å². The van der Waals surface area contributed by atoms with Crippen molar-refractivity contribution in [1.82, 2.24) is 15.2 Å². The fraction of sp³-hybridized carbons (Fsp3) is 0.303. The predicted molar refractivity (Wildman–Crippen MR) is 167 cm³/mol. The third-order valence-corrected chi connectivity index (χ3v) is 7.01. The summed E-state index contributed by atoms with van der Waals surface area (Å²) in [6, 6.07) is 22.3. The lowest BCUT2D eigenvalue weighted by molar-refractivity contribution is 0.0809. The molecule has 4 aromatic rings. The Bertz CT molecular complexity index is 1460. The molecule has 0 bridgehead atoms. The number of benzene rings is 3. The molecule has 4 rings (SSSR count). The number of nitrogens with zero attached hydrogens (tertiary/aromatic N) is 2. The molecule has 0 aliphatic carbocycles. The number of aromatic nitrogens is 1. The van der Waals surface area contributed by atoms with Crippen LogP contribution in [0.5, 0.6) is 5.75 Å². The number of anilines is 2. The average molecular weight is 586 g/mol. The van der Waals surface area contributed by atoms with Crippen molar-refractivity contribution in [3.8, 4) is 17.1 Å². The Labute approximate surface area is 252 Å². The van der Waals surface area contributed by atoms with Crippen LogP contribution in [0.1, 0.15) is 44.4 Å². The molecule has 0 saturated heterocycles. The van der Waals surface area contributed by atoms with E-state index in [1.54, 1.807) is 43.6 Å². The lowest BCUT2D eigenvalue weighted by Crippen LogP contribution is -2.33. The van der Waals surface area contributed by atoms with Crippen LogP contribution in [-0.2, 0) is 11.3 Å². The molecule has 1 aromatic heterocycles. The highest BCUT2D eigenvalue weighted by molar-refractivity contribution is 6.00. The van der Waals surface area contributed by atoms with Gasteiger partial charge in [-0.2, -0.15) is 0 Å².